The van der Waals surface area contributed by atoms with Crippen LogP contribution in [0.2, 0.25) is 0 Å². The summed E-state index contributed by atoms with van der Waals surface area (Å²) >= 11 is 0. The zero-order valence-corrected chi connectivity index (χ0v) is 13.3. The van der Waals surface area contributed by atoms with E-state index in [1.54, 1.807) is 23.9 Å². The van der Waals surface area contributed by atoms with Crippen molar-refractivity contribution in [2.45, 2.75) is 31.7 Å². The predicted molar refractivity (Wildman–Crippen MR) is 86.0 cm³/mol. The fourth-order valence-electron chi connectivity index (χ4n) is 3.43. The normalized spacial score (nSPS) is 20.3. The van der Waals surface area contributed by atoms with Crippen LogP contribution in [-0.2, 0) is 11.2 Å². The molecule has 0 radical (unpaired) electrons. The molecule has 1 fully saturated rings. The number of hydrogen-bond acceptors (Lipinski definition) is 3. The molecule has 5 nitrogen and oxygen atoms in total. The first-order valence-electron chi connectivity index (χ1n) is 7.97. The summed E-state index contributed by atoms with van der Waals surface area (Å²) in [5.74, 6) is 0.0204. The lowest BCUT2D eigenvalue weighted by atomic mass is 9.96. The van der Waals surface area contributed by atoms with Crippen LogP contribution >= 0.6 is 0 Å². The number of carbonyl (C=O) groups excluding carboxylic acids is 2. The van der Waals surface area contributed by atoms with Crippen molar-refractivity contribution in [2.24, 2.45) is 0 Å². The van der Waals surface area contributed by atoms with Crippen LogP contribution in [0.25, 0.3) is 0 Å². The fourth-order valence-corrected chi connectivity index (χ4v) is 3.43. The summed E-state index contributed by atoms with van der Waals surface area (Å²) in [6.45, 7) is 1.62. The minimum absolute atomic E-state index is 0.00162. The average Bonchev–Trinajstić information content (AvgIpc) is 3.02. The number of carbonyl (C=O) groups is 2. The van der Waals surface area contributed by atoms with Gasteiger partial charge in [0.15, 0.2) is 0 Å². The molecule has 118 valence electrons. The maximum Gasteiger partial charge on any atom is 0.254 e. The number of likely N-dealkylation sites (tertiary alicyclic amines) is 1. The van der Waals surface area contributed by atoms with E-state index in [9.17, 15) is 9.59 Å². The predicted octanol–water partition coefficient (Wildman–Crippen LogP) is 1.74. The monoisotopic (exact) mass is 301 g/mol. The lowest BCUT2D eigenvalue weighted by Gasteiger charge is -2.28. The van der Waals surface area contributed by atoms with Crippen molar-refractivity contribution < 1.29 is 9.59 Å². The van der Waals surface area contributed by atoms with Gasteiger partial charge in [0.1, 0.15) is 6.04 Å². The molecule has 0 bridgehead atoms. The third-order valence-electron chi connectivity index (χ3n) is 4.56. The Balaban J connectivity index is 1.89. The highest BCUT2D eigenvalue weighted by Crippen LogP contribution is 2.28. The summed E-state index contributed by atoms with van der Waals surface area (Å²) < 4.78 is 0. The second-order valence-corrected chi connectivity index (χ2v) is 6.25. The van der Waals surface area contributed by atoms with Crippen molar-refractivity contribution in [1.82, 2.24) is 9.80 Å². The molecule has 3 rings (SSSR count). The van der Waals surface area contributed by atoms with Gasteiger partial charge in [0, 0.05) is 38.4 Å². The Bertz CT molecular complexity index is 598. The minimum Gasteiger partial charge on any atom is -0.385 e. The van der Waals surface area contributed by atoms with Crippen LogP contribution in [-0.4, -0.2) is 54.8 Å². The van der Waals surface area contributed by atoms with E-state index < -0.39 is 0 Å². The molecule has 2 aliphatic heterocycles. The number of anilines is 1. The van der Waals surface area contributed by atoms with Gasteiger partial charge in [-0.2, -0.15) is 0 Å². The van der Waals surface area contributed by atoms with Gasteiger partial charge in [-0.15, -0.1) is 0 Å². The van der Waals surface area contributed by atoms with Crippen molar-refractivity contribution in [3.05, 3.63) is 29.3 Å². The molecule has 1 unspecified atom stereocenters. The summed E-state index contributed by atoms with van der Waals surface area (Å²) in [6.07, 6.45) is 3.61. The summed E-state index contributed by atoms with van der Waals surface area (Å²) in [6, 6.07) is 5.53. The van der Waals surface area contributed by atoms with Gasteiger partial charge in [-0.25, -0.2) is 0 Å². The molecule has 22 heavy (non-hydrogen) atoms. The standard InChI is InChI=1S/C17H23N3O2/c1-19(2)17(22)15-9-5-11-20(15)16(21)13-6-3-8-14-12(13)7-4-10-18-14/h3,6,8,15,18H,4-5,7,9-11H2,1-2H3. The van der Waals surface area contributed by atoms with Crippen molar-refractivity contribution in [2.75, 3.05) is 32.5 Å². The molecule has 1 saturated heterocycles. The highest BCUT2D eigenvalue weighted by Gasteiger charge is 2.36. The van der Waals surface area contributed by atoms with E-state index in [2.05, 4.69) is 5.32 Å². The number of nitrogens with zero attached hydrogens (tertiary/aromatic N) is 2. The largest absolute Gasteiger partial charge is 0.385 e. The van der Waals surface area contributed by atoms with Crippen molar-refractivity contribution >= 4 is 17.5 Å². The van der Waals surface area contributed by atoms with Crippen LogP contribution in [0.15, 0.2) is 18.2 Å². The van der Waals surface area contributed by atoms with Crippen LogP contribution in [0.1, 0.15) is 35.2 Å². The topological polar surface area (TPSA) is 52.7 Å². The zero-order valence-electron chi connectivity index (χ0n) is 13.3. The Morgan fingerprint density at radius 2 is 2.09 bits per heavy atom. The van der Waals surface area contributed by atoms with Gasteiger partial charge in [0.2, 0.25) is 5.91 Å². The van der Waals surface area contributed by atoms with Gasteiger partial charge in [0.25, 0.3) is 5.91 Å². The molecular formula is C17H23N3O2. The Labute approximate surface area is 131 Å². The first kappa shape index (κ1) is 14.9. The van der Waals surface area contributed by atoms with Crippen molar-refractivity contribution in [1.29, 1.82) is 0 Å². The molecule has 1 N–H and O–H groups in total. The first-order chi connectivity index (χ1) is 10.6. The first-order valence-corrected chi connectivity index (χ1v) is 7.97. The summed E-state index contributed by atoms with van der Waals surface area (Å²) in [4.78, 5) is 28.6. The van der Waals surface area contributed by atoms with Crippen molar-refractivity contribution in [3.8, 4) is 0 Å². The Hall–Kier alpha value is -2.04. The Morgan fingerprint density at radius 3 is 2.86 bits per heavy atom. The number of amides is 2. The number of fused-ring (bicyclic) bond motifs is 1. The summed E-state index contributed by atoms with van der Waals surface area (Å²) in [5, 5.41) is 3.35. The van der Waals surface area contributed by atoms with Gasteiger partial charge >= 0.3 is 0 Å². The summed E-state index contributed by atoms with van der Waals surface area (Å²) in [7, 11) is 3.50. The van der Waals surface area contributed by atoms with Gasteiger partial charge in [-0.05, 0) is 43.4 Å². The van der Waals surface area contributed by atoms with E-state index in [4.69, 9.17) is 0 Å². The second-order valence-electron chi connectivity index (χ2n) is 6.25. The highest BCUT2D eigenvalue weighted by atomic mass is 16.2. The van der Waals surface area contributed by atoms with Gasteiger partial charge < -0.3 is 15.1 Å². The molecule has 0 aliphatic carbocycles. The maximum atomic E-state index is 13.0. The lowest BCUT2D eigenvalue weighted by molar-refractivity contribution is -0.132. The molecular weight excluding hydrogens is 278 g/mol. The van der Waals surface area contributed by atoms with E-state index in [1.165, 1.54) is 0 Å². The quantitative estimate of drug-likeness (QED) is 0.905. The third-order valence-corrected chi connectivity index (χ3v) is 4.56. The molecule has 0 spiro atoms. The van der Waals surface area contributed by atoms with E-state index >= 15 is 0 Å². The van der Waals surface area contributed by atoms with Gasteiger partial charge in [-0.1, -0.05) is 6.07 Å². The number of benzene rings is 1. The smallest absolute Gasteiger partial charge is 0.254 e. The van der Waals surface area contributed by atoms with E-state index in [-0.39, 0.29) is 17.9 Å². The molecule has 0 aromatic heterocycles. The van der Waals surface area contributed by atoms with Crippen LogP contribution in [0.5, 0.6) is 0 Å². The van der Waals surface area contributed by atoms with Crippen molar-refractivity contribution in [3.63, 3.8) is 0 Å². The molecule has 1 aromatic carbocycles. The van der Waals surface area contributed by atoms with E-state index in [1.807, 2.05) is 18.2 Å². The Morgan fingerprint density at radius 1 is 1.27 bits per heavy atom. The van der Waals surface area contributed by atoms with E-state index in [0.29, 0.717) is 6.54 Å². The number of likely N-dealkylation sites (N-methyl/N-ethyl adjacent to an activating group) is 1. The molecule has 1 aromatic rings. The highest BCUT2D eigenvalue weighted by molar-refractivity contribution is 6.00. The molecule has 2 amide bonds. The summed E-state index contributed by atoms with van der Waals surface area (Å²) in [5.41, 5.74) is 2.91. The molecule has 0 saturated carbocycles. The van der Waals surface area contributed by atoms with Crippen LogP contribution in [0, 0.1) is 0 Å². The molecule has 1 atom stereocenters. The number of nitrogens with one attached hydrogen (secondary N) is 1. The average molecular weight is 301 g/mol. The lowest BCUT2D eigenvalue weighted by Crippen LogP contribution is -2.45. The molecule has 2 heterocycles. The van der Waals surface area contributed by atoms with E-state index in [0.717, 1.165) is 49.0 Å². The molecule has 2 aliphatic rings. The van der Waals surface area contributed by atoms with Gasteiger partial charge in [-0.3, -0.25) is 9.59 Å². The number of rotatable bonds is 2. The van der Waals surface area contributed by atoms with Crippen LogP contribution < -0.4 is 5.32 Å². The number of hydrogen-bond donors (Lipinski definition) is 1. The minimum atomic E-state index is -0.310. The molecule has 5 heteroatoms. The zero-order chi connectivity index (χ0) is 15.7. The maximum absolute atomic E-state index is 13.0. The Kier molecular flexibility index (Phi) is 4.05. The van der Waals surface area contributed by atoms with Gasteiger partial charge in [0.05, 0.1) is 0 Å². The van der Waals surface area contributed by atoms with Crippen LogP contribution in [0.4, 0.5) is 5.69 Å². The van der Waals surface area contributed by atoms with Crippen LogP contribution in [0.3, 0.4) is 0 Å². The SMILES string of the molecule is CN(C)C(=O)C1CCCN1C(=O)c1cccc2c1CCCN2. The third kappa shape index (κ3) is 2.56. The second kappa shape index (κ2) is 5.99. The fraction of sp³-hybridized carbons (Fsp3) is 0.529.